The molecule has 10 nitrogen and oxygen atoms in total. The maximum atomic E-state index is 12.8. The Hall–Kier alpha value is -2.82. The Balaban J connectivity index is 1.81. The molecule has 0 bridgehead atoms. The SMILES string of the molecule is COCOCCC(=O)N[C@@H](C)C(=O)NCC(=O)N[C@@H](Cc1ccccc1)C(=O)[C@@]1(C)CO1. The Bertz CT molecular complexity index is 796. The lowest BCUT2D eigenvalue weighted by atomic mass is 9.95. The molecule has 1 saturated heterocycles. The zero-order valence-corrected chi connectivity index (χ0v) is 18.6. The fourth-order valence-electron chi connectivity index (χ4n) is 2.93. The van der Waals surface area contributed by atoms with Gasteiger partial charge in [0.2, 0.25) is 17.7 Å². The second-order valence-electron chi connectivity index (χ2n) is 7.77. The normalized spacial score (nSPS) is 18.8. The standard InChI is InChI=1S/C22H31N3O7/c1-15(24-18(26)9-10-31-14-30-3)21(29)23-12-19(27)25-17(20(28)22(2)13-32-22)11-16-7-5-4-6-8-16/h4-8,15,17H,9-14H2,1-3H3,(H,23,29)(H,24,26)(H,25,27)/t15-,17-,22+/m0/s1. The van der Waals surface area contributed by atoms with E-state index in [0.29, 0.717) is 13.0 Å². The van der Waals surface area contributed by atoms with Crippen molar-refractivity contribution in [3.63, 3.8) is 0 Å². The minimum absolute atomic E-state index is 0.0750. The van der Waals surface area contributed by atoms with Gasteiger partial charge < -0.3 is 30.2 Å². The molecule has 0 saturated carbocycles. The molecule has 1 fully saturated rings. The van der Waals surface area contributed by atoms with Gasteiger partial charge in [-0.1, -0.05) is 30.3 Å². The second kappa shape index (κ2) is 12.3. The zero-order chi connectivity index (χ0) is 23.6. The summed E-state index contributed by atoms with van der Waals surface area (Å²) < 4.78 is 15.0. The van der Waals surface area contributed by atoms with E-state index in [-0.39, 0.29) is 38.1 Å². The predicted octanol–water partition coefficient (Wildman–Crippen LogP) is -0.297. The van der Waals surface area contributed by atoms with Gasteiger partial charge in [-0.05, 0) is 25.8 Å². The van der Waals surface area contributed by atoms with Crippen LogP contribution in [0.15, 0.2) is 30.3 Å². The van der Waals surface area contributed by atoms with Crippen molar-refractivity contribution in [1.82, 2.24) is 16.0 Å². The maximum Gasteiger partial charge on any atom is 0.242 e. The van der Waals surface area contributed by atoms with Crippen LogP contribution in [0.25, 0.3) is 0 Å². The molecule has 1 heterocycles. The lowest BCUT2D eigenvalue weighted by Gasteiger charge is -2.20. The molecule has 0 aliphatic carbocycles. The van der Waals surface area contributed by atoms with Crippen molar-refractivity contribution in [1.29, 1.82) is 0 Å². The van der Waals surface area contributed by atoms with Crippen LogP contribution >= 0.6 is 0 Å². The van der Waals surface area contributed by atoms with Gasteiger partial charge in [-0.25, -0.2) is 0 Å². The summed E-state index contributed by atoms with van der Waals surface area (Å²) >= 11 is 0. The number of carbonyl (C=O) groups is 4. The van der Waals surface area contributed by atoms with Gasteiger partial charge in [-0.3, -0.25) is 19.2 Å². The number of Topliss-reactive ketones (excluding diaryl/α,β-unsaturated/α-hetero) is 1. The number of methoxy groups -OCH3 is 1. The highest BCUT2D eigenvalue weighted by Gasteiger charge is 2.50. The fraction of sp³-hybridized carbons (Fsp3) is 0.545. The first-order valence-electron chi connectivity index (χ1n) is 10.4. The summed E-state index contributed by atoms with van der Waals surface area (Å²) in [5.74, 6) is -1.60. The van der Waals surface area contributed by atoms with Crippen LogP contribution in [0.3, 0.4) is 0 Å². The van der Waals surface area contributed by atoms with Gasteiger partial charge >= 0.3 is 0 Å². The Labute approximate surface area is 187 Å². The molecule has 0 unspecified atom stereocenters. The number of ether oxygens (including phenoxy) is 3. The van der Waals surface area contributed by atoms with Gasteiger partial charge in [0, 0.05) is 7.11 Å². The van der Waals surface area contributed by atoms with Crippen molar-refractivity contribution in [3.8, 4) is 0 Å². The van der Waals surface area contributed by atoms with Crippen molar-refractivity contribution in [3.05, 3.63) is 35.9 Å². The molecule has 1 aromatic carbocycles. The summed E-state index contributed by atoms with van der Waals surface area (Å²) in [6.07, 6.45) is 0.390. The highest BCUT2D eigenvalue weighted by Crippen LogP contribution is 2.29. The largest absolute Gasteiger partial charge is 0.361 e. The van der Waals surface area contributed by atoms with Gasteiger partial charge in [0.1, 0.15) is 18.4 Å². The minimum Gasteiger partial charge on any atom is -0.361 e. The number of rotatable bonds is 14. The summed E-state index contributed by atoms with van der Waals surface area (Å²) in [4.78, 5) is 49.2. The van der Waals surface area contributed by atoms with Gasteiger partial charge in [0.15, 0.2) is 5.78 Å². The third-order valence-electron chi connectivity index (χ3n) is 4.90. The average molecular weight is 450 g/mol. The number of hydrogen-bond donors (Lipinski definition) is 3. The van der Waals surface area contributed by atoms with E-state index in [4.69, 9.17) is 14.2 Å². The van der Waals surface area contributed by atoms with Crippen LogP contribution in [0.2, 0.25) is 0 Å². The average Bonchev–Trinajstić information content (AvgIpc) is 3.53. The first kappa shape index (κ1) is 25.4. The first-order valence-corrected chi connectivity index (χ1v) is 10.4. The van der Waals surface area contributed by atoms with Crippen LogP contribution in [0.1, 0.15) is 25.8 Å². The lowest BCUT2D eigenvalue weighted by Crippen LogP contribution is -2.52. The van der Waals surface area contributed by atoms with Crippen LogP contribution in [0.4, 0.5) is 0 Å². The number of carbonyl (C=O) groups excluding carboxylic acids is 4. The molecule has 0 radical (unpaired) electrons. The van der Waals surface area contributed by atoms with Gasteiger partial charge in [-0.2, -0.15) is 0 Å². The summed E-state index contributed by atoms with van der Waals surface area (Å²) in [5.41, 5.74) is 0.00659. The van der Waals surface area contributed by atoms with Crippen molar-refractivity contribution in [2.45, 2.75) is 44.4 Å². The Morgan fingerprint density at radius 1 is 1.12 bits per heavy atom. The zero-order valence-electron chi connectivity index (χ0n) is 18.6. The molecule has 32 heavy (non-hydrogen) atoms. The highest BCUT2D eigenvalue weighted by molar-refractivity contribution is 5.97. The number of benzene rings is 1. The molecule has 176 valence electrons. The third-order valence-corrected chi connectivity index (χ3v) is 4.90. The first-order chi connectivity index (χ1) is 15.2. The lowest BCUT2D eigenvalue weighted by molar-refractivity contribution is -0.132. The van der Waals surface area contributed by atoms with Crippen LogP contribution in [-0.4, -0.2) is 74.9 Å². The summed E-state index contributed by atoms with van der Waals surface area (Å²) in [6.45, 7) is 3.43. The molecule has 3 atom stereocenters. The van der Waals surface area contributed by atoms with E-state index in [1.54, 1.807) is 6.92 Å². The molecule has 0 spiro atoms. The topological polar surface area (TPSA) is 135 Å². The number of nitrogens with one attached hydrogen (secondary N) is 3. The summed E-state index contributed by atoms with van der Waals surface area (Å²) in [5, 5.41) is 7.68. The van der Waals surface area contributed by atoms with Gasteiger partial charge in [0.05, 0.1) is 32.2 Å². The monoisotopic (exact) mass is 449 g/mol. The quantitative estimate of drug-likeness (QED) is 0.202. The van der Waals surface area contributed by atoms with Crippen LogP contribution in [0, 0.1) is 0 Å². The van der Waals surface area contributed by atoms with E-state index < -0.39 is 29.5 Å². The molecule has 3 N–H and O–H groups in total. The second-order valence-corrected chi connectivity index (χ2v) is 7.77. The van der Waals surface area contributed by atoms with Crippen LogP contribution in [-0.2, 0) is 39.8 Å². The Morgan fingerprint density at radius 2 is 1.81 bits per heavy atom. The molecular weight excluding hydrogens is 418 g/mol. The smallest absolute Gasteiger partial charge is 0.242 e. The van der Waals surface area contributed by atoms with Crippen LogP contribution in [0.5, 0.6) is 0 Å². The van der Waals surface area contributed by atoms with Gasteiger partial charge in [0.25, 0.3) is 0 Å². The molecule has 1 aromatic rings. The van der Waals surface area contributed by atoms with Gasteiger partial charge in [-0.15, -0.1) is 0 Å². The number of epoxide rings is 1. The van der Waals surface area contributed by atoms with E-state index in [2.05, 4.69) is 16.0 Å². The highest BCUT2D eigenvalue weighted by atomic mass is 16.7. The molecule has 1 aliphatic heterocycles. The molecule has 3 amide bonds. The third kappa shape index (κ3) is 8.37. The number of amides is 3. The van der Waals surface area contributed by atoms with Crippen molar-refractivity contribution in [2.75, 3.05) is 33.7 Å². The van der Waals surface area contributed by atoms with Crippen molar-refractivity contribution >= 4 is 23.5 Å². The molecule has 0 aromatic heterocycles. The Morgan fingerprint density at radius 3 is 2.44 bits per heavy atom. The van der Waals surface area contributed by atoms with E-state index in [0.717, 1.165) is 5.56 Å². The van der Waals surface area contributed by atoms with E-state index in [1.165, 1.54) is 14.0 Å². The molecule has 10 heteroatoms. The van der Waals surface area contributed by atoms with Crippen molar-refractivity contribution in [2.24, 2.45) is 0 Å². The molecule has 2 rings (SSSR count). The molecule has 1 aliphatic rings. The predicted molar refractivity (Wildman–Crippen MR) is 115 cm³/mol. The maximum absolute atomic E-state index is 12.8. The number of ketones is 1. The molecular formula is C22H31N3O7. The number of hydrogen-bond acceptors (Lipinski definition) is 7. The van der Waals surface area contributed by atoms with E-state index in [9.17, 15) is 19.2 Å². The van der Waals surface area contributed by atoms with E-state index in [1.807, 2.05) is 30.3 Å². The Kier molecular flexibility index (Phi) is 9.76. The van der Waals surface area contributed by atoms with Crippen molar-refractivity contribution < 1.29 is 33.4 Å². The van der Waals surface area contributed by atoms with E-state index >= 15 is 0 Å². The fourth-order valence-corrected chi connectivity index (χ4v) is 2.93. The summed E-state index contributed by atoms with van der Waals surface area (Å²) in [7, 11) is 1.47. The van der Waals surface area contributed by atoms with Crippen LogP contribution < -0.4 is 16.0 Å². The summed E-state index contributed by atoms with van der Waals surface area (Å²) in [6, 6.07) is 7.70. The minimum atomic E-state index is -0.887.